The minimum Gasteiger partial charge on any atom is -0.380 e. The fraction of sp³-hybridized carbons (Fsp3) is 1.00. The zero-order valence-electron chi connectivity index (χ0n) is 9.34. The summed E-state index contributed by atoms with van der Waals surface area (Å²) >= 11 is 5.71. The summed E-state index contributed by atoms with van der Waals surface area (Å²) in [6.45, 7) is 5.31. The van der Waals surface area contributed by atoms with Crippen LogP contribution in [-0.2, 0) is 4.74 Å². The van der Waals surface area contributed by atoms with Crippen LogP contribution in [0.3, 0.4) is 0 Å². The molecule has 0 aromatic heterocycles. The van der Waals surface area contributed by atoms with Gasteiger partial charge in [0, 0.05) is 18.5 Å². The molecule has 0 radical (unpaired) electrons. The lowest BCUT2D eigenvalue weighted by Gasteiger charge is -2.24. The molecule has 0 spiro atoms. The number of nitrogens with zero attached hydrogens (tertiary/aromatic N) is 1. The van der Waals surface area contributed by atoms with Crippen molar-refractivity contribution in [1.29, 1.82) is 0 Å². The molecule has 0 N–H and O–H groups in total. The standard InChI is InChI=1S/C11H22ClNO/c1-10(3-6-12)4-7-13(2)11-5-8-14-9-11/h10-11H,3-9H2,1-2H3. The minimum atomic E-state index is 0.651. The van der Waals surface area contributed by atoms with E-state index in [0.29, 0.717) is 6.04 Å². The fourth-order valence-electron chi connectivity index (χ4n) is 1.81. The van der Waals surface area contributed by atoms with Crippen molar-refractivity contribution in [2.75, 3.05) is 32.7 Å². The molecule has 2 unspecified atom stereocenters. The molecular weight excluding hydrogens is 198 g/mol. The highest BCUT2D eigenvalue weighted by Crippen LogP contribution is 2.14. The molecule has 1 aliphatic rings. The number of alkyl halides is 1. The fourth-order valence-corrected chi connectivity index (χ4v) is 2.18. The van der Waals surface area contributed by atoms with Crippen molar-refractivity contribution in [1.82, 2.24) is 4.90 Å². The second-order valence-electron chi connectivity index (χ2n) is 4.37. The molecule has 1 rings (SSSR count). The minimum absolute atomic E-state index is 0.651. The van der Waals surface area contributed by atoms with Gasteiger partial charge in [-0.25, -0.2) is 0 Å². The summed E-state index contributed by atoms with van der Waals surface area (Å²) in [7, 11) is 2.20. The Labute approximate surface area is 92.6 Å². The number of halogens is 1. The van der Waals surface area contributed by atoms with Crippen LogP contribution in [0, 0.1) is 5.92 Å². The Kier molecular flexibility index (Phi) is 5.83. The van der Waals surface area contributed by atoms with Crippen molar-refractivity contribution >= 4 is 11.6 Å². The van der Waals surface area contributed by atoms with Crippen LogP contribution in [-0.4, -0.2) is 43.6 Å². The van der Waals surface area contributed by atoms with Crippen molar-refractivity contribution in [3.05, 3.63) is 0 Å². The second-order valence-corrected chi connectivity index (χ2v) is 4.75. The van der Waals surface area contributed by atoms with Crippen molar-refractivity contribution in [3.8, 4) is 0 Å². The predicted octanol–water partition coefficient (Wildman–Crippen LogP) is 2.36. The molecule has 2 atom stereocenters. The zero-order valence-corrected chi connectivity index (χ0v) is 10.1. The topological polar surface area (TPSA) is 12.5 Å². The largest absolute Gasteiger partial charge is 0.380 e. The summed E-state index contributed by atoms with van der Waals surface area (Å²) in [4.78, 5) is 2.43. The van der Waals surface area contributed by atoms with Gasteiger partial charge in [0.15, 0.2) is 0 Å². The van der Waals surface area contributed by atoms with E-state index in [1.165, 1.54) is 19.4 Å². The maximum absolute atomic E-state index is 5.71. The van der Waals surface area contributed by atoms with E-state index in [9.17, 15) is 0 Å². The summed E-state index contributed by atoms with van der Waals surface area (Å²) in [6.07, 6.45) is 3.58. The van der Waals surface area contributed by atoms with Gasteiger partial charge in [-0.1, -0.05) is 6.92 Å². The number of hydrogen-bond acceptors (Lipinski definition) is 2. The van der Waals surface area contributed by atoms with E-state index in [-0.39, 0.29) is 0 Å². The van der Waals surface area contributed by atoms with Crippen molar-refractivity contribution in [2.45, 2.75) is 32.2 Å². The molecule has 3 heteroatoms. The van der Waals surface area contributed by atoms with Crippen LogP contribution in [0.5, 0.6) is 0 Å². The number of hydrogen-bond donors (Lipinski definition) is 0. The van der Waals surface area contributed by atoms with E-state index in [1.807, 2.05) is 0 Å². The number of ether oxygens (including phenoxy) is 1. The monoisotopic (exact) mass is 219 g/mol. The molecule has 0 saturated carbocycles. The molecular formula is C11H22ClNO. The summed E-state index contributed by atoms with van der Waals surface area (Å²) in [5.74, 6) is 1.54. The molecule has 1 aliphatic heterocycles. The maximum atomic E-state index is 5.71. The molecule has 1 saturated heterocycles. The maximum Gasteiger partial charge on any atom is 0.0622 e. The van der Waals surface area contributed by atoms with Gasteiger partial charge in [0.1, 0.15) is 0 Å². The number of likely N-dealkylation sites (N-methyl/N-ethyl adjacent to an activating group) is 1. The van der Waals surface area contributed by atoms with Crippen LogP contribution >= 0.6 is 11.6 Å². The normalized spacial score (nSPS) is 24.4. The van der Waals surface area contributed by atoms with E-state index in [4.69, 9.17) is 16.3 Å². The lowest BCUT2D eigenvalue weighted by Crippen LogP contribution is -2.33. The first kappa shape index (κ1) is 12.3. The Morgan fingerprint density at radius 3 is 2.86 bits per heavy atom. The van der Waals surface area contributed by atoms with Crippen molar-refractivity contribution < 1.29 is 4.74 Å². The van der Waals surface area contributed by atoms with E-state index >= 15 is 0 Å². The van der Waals surface area contributed by atoms with Gasteiger partial charge in [-0.3, -0.25) is 0 Å². The highest BCUT2D eigenvalue weighted by Gasteiger charge is 2.19. The van der Waals surface area contributed by atoms with E-state index in [0.717, 1.165) is 31.4 Å². The van der Waals surface area contributed by atoms with Gasteiger partial charge in [0.05, 0.1) is 6.61 Å². The predicted molar refractivity (Wildman–Crippen MR) is 61.0 cm³/mol. The van der Waals surface area contributed by atoms with Gasteiger partial charge in [-0.05, 0) is 38.8 Å². The van der Waals surface area contributed by atoms with Gasteiger partial charge < -0.3 is 9.64 Å². The van der Waals surface area contributed by atoms with Crippen LogP contribution < -0.4 is 0 Å². The van der Waals surface area contributed by atoms with Gasteiger partial charge >= 0.3 is 0 Å². The van der Waals surface area contributed by atoms with Gasteiger partial charge in [-0.15, -0.1) is 11.6 Å². The molecule has 0 aromatic rings. The molecule has 2 nitrogen and oxygen atoms in total. The molecule has 0 amide bonds. The second kappa shape index (κ2) is 6.65. The SMILES string of the molecule is CC(CCCl)CCN(C)C1CCOC1. The van der Waals surface area contributed by atoms with Crippen LogP contribution in [0.25, 0.3) is 0 Å². The molecule has 0 aromatic carbocycles. The quantitative estimate of drug-likeness (QED) is 0.636. The van der Waals surface area contributed by atoms with Crippen LogP contribution in [0.4, 0.5) is 0 Å². The van der Waals surface area contributed by atoms with E-state index in [2.05, 4.69) is 18.9 Å². The zero-order chi connectivity index (χ0) is 10.4. The van der Waals surface area contributed by atoms with Crippen LogP contribution in [0.15, 0.2) is 0 Å². The number of rotatable bonds is 6. The molecule has 84 valence electrons. The van der Waals surface area contributed by atoms with Gasteiger partial charge in [0.2, 0.25) is 0 Å². The Hall–Kier alpha value is 0.210. The first-order valence-corrected chi connectivity index (χ1v) is 6.11. The molecule has 1 heterocycles. The molecule has 0 aliphatic carbocycles. The molecule has 0 bridgehead atoms. The Bertz CT molecular complexity index is 148. The van der Waals surface area contributed by atoms with Crippen LogP contribution in [0.2, 0.25) is 0 Å². The summed E-state index contributed by atoms with van der Waals surface area (Å²) in [5, 5.41) is 0. The highest BCUT2D eigenvalue weighted by molar-refractivity contribution is 6.17. The highest BCUT2D eigenvalue weighted by atomic mass is 35.5. The lowest BCUT2D eigenvalue weighted by atomic mass is 10.0. The lowest BCUT2D eigenvalue weighted by molar-refractivity contribution is 0.156. The average molecular weight is 220 g/mol. The Morgan fingerprint density at radius 2 is 2.29 bits per heavy atom. The third-order valence-electron chi connectivity index (χ3n) is 3.11. The van der Waals surface area contributed by atoms with E-state index < -0.39 is 0 Å². The van der Waals surface area contributed by atoms with Crippen molar-refractivity contribution in [3.63, 3.8) is 0 Å². The summed E-state index contributed by atoms with van der Waals surface area (Å²) < 4.78 is 5.37. The smallest absolute Gasteiger partial charge is 0.0622 e. The van der Waals surface area contributed by atoms with Crippen molar-refractivity contribution in [2.24, 2.45) is 5.92 Å². The first-order chi connectivity index (χ1) is 6.74. The first-order valence-electron chi connectivity index (χ1n) is 5.58. The van der Waals surface area contributed by atoms with Gasteiger partial charge in [0.25, 0.3) is 0 Å². The van der Waals surface area contributed by atoms with E-state index in [1.54, 1.807) is 0 Å². The third kappa shape index (κ3) is 4.16. The Morgan fingerprint density at radius 1 is 1.50 bits per heavy atom. The molecule has 14 heavy (non-hydrogen) atoms. The van der Waals surface area contributed by atoms with Gasteiger partial charge in [-0.2, -0.15) is 0 Å². The van der Waals surface area contributed by atoms with Crippen LogP contribution in [0.1, 0.15) is 26.2 Å². The summed E-state index contributed by atoms with van der Waals surface area (Å²) in [5.41, 5.74) is 0. The molecule has 1 fully saturated rings. The third-order valence-corrected chi connectivity index (χ3v) is 3.32. The Balaban J connectivity index is 2.10. The average Bonchev–Trinajstić information content (AvgIpc) is 2.67. The summed E-state index contributed by atoms with van der Waals surface area (Å²) in [6, 6.07) is 0.651.